The van der Waals surface area contributed by atoms with E-state index in [1.54, 1.807) is 0 Å². The lowest BCUT2D eigenvalue weighted by Crippen LogP contribution is -2.69. The van der Waals surface area contributed by atoms with Crippen molar-refractivity contribution in [3.63, 3.8) is 0 Å². The van der Waals surface area contributed by atoms with Crippen LogP contribution in [0.2, 0.25) is 0 Å². The van der Waals surface area contributed by atoms with Crippen molar-refractivity contribution < 1.29 is 39.1 Å². The molecule has 10 nitrogen and oxygen atoms in total. The maximum atomic E-state index is 13.8. The predicted octanol–water partition coefficient (Wildman–Crippen LogP) is 3.14. The molecule has 0 radical (unpaired) electrons. The van der Waals surface area contributed by atoms with E-state index < -0.39 is 54.1 Å². The van der Waals surface area contributed by atoms with Crippen LogP contribution in [0.1, 0.15) is 104 Å². The Bertz CT molecular complexity index is 1100. The zero-order valence-corrected chi connectivity index (χ0v) is 27.9. The number of hydrogen-bond donors (Lipinski definition) is 5. The van der Waals surface area contributed by atoms with Crippen molar-refractivity contribution in [3.05, 3.63) is 11.6 Å². The number of aliphatic hydroxyl groups excluding tert-OH is 3. The largest absolute Gasteiger partial charge is 0.456 e. The number of nitrogens with one attached hydrogen (secondary N) is 1. The van der Waals surface area contributed by atoms with Gasteiger partial charge < -0.3 is 40.6 Å². The fourth-order valence-electron chi connectivity index (χ4n) is 10.1. The molecular weight excluding hydrogens is 588 g/mol. The zero-order valence-electron chi connectivity index (χ0n) is 27.9. The van der Waals surface area contributed by atoms with Gasteiger partial charge >= 0.3 is 5.97 Å². The number of fused-ring (bicyclic) bond motifs is 2. The first-order valence-corrected chi connectivity index (χ1v) is 18.3. The third kappa shape index (κ3) is 7.00. The summed E-state index contributed by atoms with van der Waals surface area (Å²) in [6.07, 6.45) is 9.47. The molecule has 13 atom stereocenters. The van der Waals surface area contributed by atoms with Gasteiger partial charge in [0.25, 0.3) is 0 Å². The smallest absolute Gasteiger partial charge is 0.334 e. The Balaban J connectivity index is 1.31. The average molecular weight is 647 g/mol. The van der Waals surface area contributed by atoms with Gasteiger partial charge in [-0.1, -0.05) is 25.3 Å². The van der Waals surface area contributed by atoms with E-state index in [2.05, 4.69) is 12.2 Å². The van der Waals surface area contributed by atoms with E-state index in [1.807, 2.05) is 13.0 Å². The summed E-state index contributed by atoms with van der Waals surface area (Å²) < 4.78 is 20.1. The molecule has 3 aliphatic carbocycles. The fraction of sp³-hybridized carbons (Fsp3) is 0.889. The first kappa shape index (κ1) is 34.5. The molecule has 3 saturated carbocycles. The summed E-state index contributed by atoms with van der Waals surface area (Å²) in [5.41, 5.74) is 6.02. The number of esters is 1. The minimum atomic E-state index is -1.02. The SMILES string of the molecule is CC=C(C(=O)O[C@H]1CC2C(O)C3C(=O)CC(CO)OC3C(C3CCCC(O)C3)C2O[C@@]1(C)CCC1CCC(N)NC1)C1CCCC1. The predicted molar refractivity (Wildman–Crippen MR) is 171 cm³/mol. The van der Waals surface area contributed by atoms with Crippen LogP contribution in [-0.2, 0) is 23.8 Å². The Morgan fingerprint density at radius 3 is 2.54 bits per heavy atom. The van der Waals surface area contributed by atoms with E-state index in [4.69, 9.17) is 19.9 Å². The summed E-state index contributed by atoms with van der Waals surface area (Å²) in [6.45, 7) is 4.54. The number of carbonyl (C=O) groups excluding carboxylic acids is 2. The van der Waals surface area contributed by atoms with Gasteiger partial charge in [0.15, 0.2) is 0 Å². The number of nitrogens with two attached hydrogens (primary N) is 1. The van der Waals surface area contributed by atoms with Crippen molar-refractivity contribution in [1.29, 1.82) is 0 Å². The van der Waals surface area contributed by atoms with E-state index in [1.165, 1.54) is 0 Å². The molecule has 0 amide bonds. The molecule has 6 rings (SSSR count). The first-order valence-electron chi connectivity index (χ1n) is 18.3. The van der Waals surface area contributed by atoms with Crippen LogP contribution in [0.4, 0.5) is 0 Å². The van der Waals surface area contributed by atoms with Crippen molar-refractivity contribution in [1.82, 2.24) is 5.32 Å². The molecule has 0 spiro atoms. The minimum absolute atomic E-state index is 0.0197. The number of allylic oxidation sites excluding steroid dienone is 1. The normalized spacial score (nSPS) is 45.6. The summed E-state index contributed by atoms with van der Waals surface area (Å²) in [5, 5.41) is 36.1. The number of carbonyl (C=O) groups is 2. The van der Waals surface area contributed by atoms with Crippen LogP contribution in [-0.4, -0.2) is 88.6 Å². The van der Waals surface area contributed by atoms with Gasteiger partial charge in [-0.3, -0.25) is 4.79 Å². The minimum Gasteiger partial charge on any atom is -0.456 e. The quantitative estimate of drug-likeness (QED) is 0.196. The number of ether oxygens (including phenoxy) is 3. The Morgan fingerprint density at radius 2 is 1.87 bits per heavy atom. The number of piperidine rings is 1. The molecule has 3 heterocycles. The van der Waals surface area contributed by atoms with Crippen LogP contribution in [0.3, 0.4) is 0 Å². The number of hydrogen-bond acceptors (Lipinski definition) is 10. The highest BCUT2D eigenvalue weighted by Gasteiger charge is 2.62. The molecule has 3 aliphatic heterocycles. The summed E-state index contributed by atoms with van der Waals surface area (Å²) in [4.78, 5) is 27.4. The van der Waals surface area contributed by atoms with Crippen LogP contribution >= 0.6 is 0 Å². The van der Waals surface area contributed by atoms with Gasteiger partial charge in [0.1, 0.15) is 17.5 Å². The van der Waals surface area contributed by atoms with E-state index in [0.717, 1.165) is 76.3 Å². The second kappa shape index (κ2) is 14.6. The topological polar surface area (TPSA) is 161 Å². The Hall–Kier alpha value is -1.40. The van der Waals surface area contributed by atoms with E-state index >= 15 is 0 Å². The highest BCUT2D eigenvalue weighted by molar-refractivity contribution is 5.89. The standard InChI is InChI=1S/C36H58N2O8/c1-3-25(21-7-4-5-8-21)35(43)45-28-17-26-32(42)31-27(41)16-24(19-39)44-34(31)30(22-9-6-10-23(40)15-22)33(26)46-36(28,2)14-13-20-11-12-29(37)38-18-20/h3,20-24,26,28-34,38-40,42H,4-19,37H2,1-2H3/t20?,22?,23?,24?,26?,28-,29?,30?,31?,32?,33?,34?,36-/m0/s1. The second-order valence-electron chi connectivity index (χ2n) is 15.7. The van der Waals surface area contributed by atoms with Gasteiger partial charge in [0, 0.05) is 23.8 Å². The Morgan fingerprint density at radius 1 is 1.09 bits per heavy atom. The van der Waals surface area contributed by atoms with Gasteiger partial charge in [-0.15, -0.1) is 0 Å². The highest BCUT2D eigenvalue weighted by Crippen LogP contribution is 2.54. The van der Waals surface area contributed by atoms with Crippen LogP contribution in [0, 0.1) is 35.5 Å². The van der Waals surface area contributed by atoms with Gasteiger partial charge in [-0.05, 0) is 102 Å². The van der Waals surface area contributed by atoms with Crippen LogP contribution in [0.15, 0.2) is 11.6 Å². The molecule has 6 fully saturated rings. The van der Waals surface area contributed by atoms with Crippen molar-refractivity contribution in [2.45, 2.75) is 152 Å². The van der Waals surface area contributed by atoms with Crippen molar-refractivity contribution in [2.24, 2.45) is 41.2 Å². The second-order valence-corrected chi connectivity index (χ2v) is 15.7. The van der Waals surface area contributed by atoms with Crippen LogP contribution in [0.25, 0.3) is 0 Å². The monoisotopic (exact) mass is 646 g/mol. The molecule has 10 heteroatoms. The summed E-state index contributed by atoms with van der Waals surface area (Å²) in [5.74, 6) is -1.11. The lowest BCUT2D eigenvalue weighted by Gasteiger charge is -2.59. The number of rotatable bonds is 8. The molecule has 46 heavy (non-hydrogen) atoms. The van der Waals surface area contributed by atoms with Gasteiger partial charge in [0.2, 0.25) is 0 Å². The number of ketones is 1. The summed E-state index contributed by atoms with van der Waals surface area (Å²) in [7, 11) is 0. The molecule has 0 aromatic carbocycles. The van der Waals surface area contributed by atoms with Crippen LogP contribution in [0.5, 0.6) is 0 Å². The van der Waals surface area contributed by atoms with E-state index in [0.29, 0.717) is 25.2 Å². The third-order valence-corrected chi connectivity index (χ3v) is 12.7. The maximum Gasteiger partial charge on any atom is 0.334 e. The van der Waals surface area contributed by atoms with Crippen molar-refractivity contribution >= 4 is 11.8 Å². The lowest BCUT2D eigenvalue weighted by atomic mass is 9.58. The molecule has 0 bridgehead atoms. The van der Waals surface area contributed by atoms with E-state index in [9.17, 15) is 24.9 Å². The van der Waals surface area contributed by atoms with Crippen molar-refractivity contribution in [3.8, 4) is 0 Å². The van der Waals surface area contributed by atoms with Crippen LogP contribution < -0.4 is 11.1 Å². The highest BCUT2D eigenvalue weighted by atomic mass is 16.6. The first-order chi connectivity index (χ1) is 22.1. The molecule has 260 valence electrons. The molecule has 6 aliphatic rings. The lowest BCUT2D eigenvalue weighted by molar-refractivity contribution is -0.292. The number of Topliss-reactive ketones (excluding diaryl/α,β-unsaturated/α-hetero) is 1. The van der Waals surface area contributed by atoms with E-state index in [-0.39, 0.29) is 48.7 Å². The molecular formula is C36H58N2O8. The van der Waals surface area contributed by atoms with Crippen molar-refractivity contribution in [2.75, 3.05) is 13.2 Å². The third-order valence-electron chi connectivity index (χ3n) is 12.7. The molecule has 0 aromatic rings. The Kier molecular flexibility index (Phi) is 10.9. The van der Waals surface area contributed by atoms with Gasteiger partial charge in [0.05, 0.1) is 49.2 Å². The molecule has 6 N–H and O–H groups in total. The molecule has 0 aromatic heterocycles. The average Bonchev–Trinajstić information content (AvgIpc) is 3.56. The zero-order chi connectivity index (χ0) is 32.6. The maximum absolute atomic E-state index is 13.8. The Labute approximate surface area is 274 Å². The molecule has 3 saturated heterocycles. The number of aliphatic hydroxyl groups is 3. The summed E-state index contributed by atoms with van der Waals surface area (Å²) in [6, 6.07) is 0. The van der Waals surface area contributed by atoms with Gasteiger partial charge in [-0.25, -0.2) is 4.79 Å². The summed E-state index contributed by atoms with van der Waals surface area (Å²) >= 11 is 0. The fourth-order valence-corrected chi connectivity index (χ4v) is 10.1. The van der Waals surface area contributed by atoms with Gasteiger partial charge in [-0.2, -0.15) is 0 Å². The molecule has 11 unspecified atom stereocenters.